The second kappa shape index (κ2) is 6.75. The molecule has 0 saturated heterocycles. The van der Waals surface area contributed by atoms with E-state index >= 15 is 0 Å². The zero-order valence-corrected chi connectivity index (χ0v) is 8.79. The van der Waals surface area contributed by atoms with E-state index in [1.165, 1.54) is 14.2 Å². The van der Waals surface area contributed by atoms with E-state index in [1.807, 2.05) is 0 Å². The maximum absolute atomic E-state index is 8.61. The highest BCUT2D eigenvalue weighted by atomic mass is 31.1. The molecule has 1 N–H and O–H groups in total. The van der Waals surface area contributed by atoms with Crippen LogP contribution in [-0.2, 0) is 14.0 Å². The minimum Gasteiger partial charge on any atom is -0.352 e. The summed E-state index contributed by atoms with van der Waals surface area (Å²) >= 11 is 0. The molecule has 0 saturated carbocycles. The molecule has 74 valence electrons. The van der Waals surface area contributed by atoms with Crippen LogP contribution in [0.2, 0.25) is 0 Å². The smallest absolute Gasteiger partial charge is 0.287 e. The van der Waals surface area contributed by atoms with Gasteiger partial charge in [0.2, 0.25) is 0 Å². The van der Waals surface area contributed by atoms with Crippen LogP contribution in [0.15, 0.2) is 0 Å². The highest BCUT2D eigenvalue weighted by Crippen LogP contribution is 2.27. The summed E-state index contributed by atoms with van der Waals surface area (Å²) in [6.45, 7) is 2.07. The standard InChI is InChI=1S/C7H17O4P/c1-4-5-6-7(9-2,10-3)11-12-8/h8,12H,4-6H2,1-3H3. The summed E-state index contributed by atoms with van der Waals surface area (Å²) in [6, 6.07) is 0. The van der Waals surface area contributed by atoms with Crippen molar-refractivity contribution in [1.29, 1.82) is 0 Å². The van der Waals surface area contributed by atoms with Gasteiger partial charge in [0.15, 0.2) is 9.03 Å². The minimum absolute atomic E-state index is 0.616. The van der Waals surface area contributed by atoms with Crippen LogP contribution in [0.25, 0.3) is 0 Å². The lowest BCUT2D eigenvalue weighted by Gasteiger charge is -2.28. The van der Waals surface area contributed by atoms with Gasteiger partial charge in [-0.15, -0.1) is 0 Å². The molecule has 0 amide bonds. The Morgan fingerprint density at radius 3 is 2.25 bits per heavy atom. The van der Waals surface area contributed by atoms with Crippen LogP contribution in [0.5, 0.6) is 0 Å². The average Bonchev–Trinajstić information content (AvgIpc) is 2.13. The van der Waals surface area contributed by atoms with Gasteiger partial charge in [0, 0.05) is 20.6 Å². The van der Waals surface area contributed by atoms with Crippen molar-refractivity contribution < 1.29 is 18.9 Å². The van der Waals surface area contributed by atoms with Gasteiger partial charge < -0.3 is 14.4 Å². The van der Waals surface area contributed by atoms with E-state index in [0.29, 0.717) is 6.42 Å². The van der Waals surface area contributed by atoms with Crippen LogP contribution in [0.4, 0.5) is 0 Å². The Balaban J connectivity index is 3.95. The zero-order valence-electron chi connectivity index (χ0n) is 7.79. The maximum Gasteiger partial charge on any atom is 0.287 e. The minimum atomic E-state index is -1.05. The van der Waals surface area contributed by atoms with Crippen LogP contribution < -0.4 is 0 Å². The molecule has 0 bridgehead atoms. The van der Waals surface area contributed by atoms with Gasteiger partial charge in [-0.2, -0.15) is 0 Å². The lowest BCUT2D eigenvalue weighted by atomic mass is 10.2. The molecule has 1 atom stereocenters. The fraction of sp³-hybridized carbons (Fsp3) is 1.00. The van der Waals surface area contributed by atoms with Gasteiger partial charge in [-0.3, -0.25) is 4.52 Å². The molecule has 0 spiro atoms. The lowest BCUT2D eigenvalue weighted by molar-refractivity contribution is -0.323. The third-order valence-electron chi connectivity index (χ3n) is 1.66. The van der Waals surface area contributed by atoms with Crippen LogP contribution >= 0.6 is 9.03 Å². The van der Waals surface area contributed by atoms with Crippen LogP contribution in [0.1, 0.15) is 26.2 Å². The number of hydrogen-bond acceptors (Lipinski definition) is 4. The Kier molecular flexibility index (Phi) is 6.90. The highest BCUT2D eigenvalue weighted by Gasteiger charge is 2.30. The molecule has 0 aliphatic heterocycles. The summed E-state index contributed by atoms with van der Waals surface area (Å²) in [6.07, 6.45) is 2.60. The van der Waals surface area contributed by atoms with Crippen LogP contribution in [0.3, 0.4) is 0 Å². The van der Waals surface area contributed by atoms with Crippen molar-refractivity contribution in [3.05, 3.63) is 0 Å². The maximum atomic E-state index is 8.61. The molecule has 0 aliphatic rings. The Bertz CT molecular complexity index is 106. The third kappa shape index (κ3) is 3.78. The van der Waals surface area contributed by atoms with Crippen molar-refractivity contribution in [3.8, 4) is 0 Å². The zero-order chi connectivity index (χ0) is 9.45. The van der Waals surface area contributed by atoms with Gasteiger partial charge in [0.1, 0.15) is 0 Å². The fourth-order valence-corrected chi connectivity index (χ4v) is 1.29. The molecule has 0 fully saturated rings. The molecule has 1 unspecified atom stereocenters. The van der Waals surface area contributed by atoms with Crippen molar-refractivity contribution >= 4 is 9.03 Å². The molecule has 4 nitrogen and oxygen atoms in total. The summed E-state index contributed by atoms with van der Waals surface area (Å²) in [5.41, 5.74) is 0. The first kappa shape index (κ1) is 12.3. The Morgan fingerprint density at radius 2 is 1.92 bits per heavy atom. The molecule has 12 heavy (non-hydrogen) atoms. The summed E-state index contributed by atoms with van der Waals surface area (Å²) < 4.78 is 15.0. The predicted molar refractivity (Wildman–Crippen MR) is 47.9 cm³/mol. The molecule has 5 heteroatoms. The monoisotopic (exact) mass is 196 g/mol. The first-order valence-corrected chi connectivity index (χ1v) is 4.77. The predicted octanol–water partition coefficient (Wildman–Crippen LogP) is 1.64. The number of unbranched alkanes of at least 4 members (excludes halogenated alkanes) is 1. The molecular formula is C7H17O4P. The van der Waals surface area contributed by atoms with E-state index in [1.54, 1.807) is 0 Å². The molecule has 0 heterocycles. The Morgan fingerprint density at radius 1 is 1.33 bits per heavy atom. The number of methoxy groups -OCH3 is 2. The Labute approximate surface area is 75.2 Å². The third-order valence-corrected chi connectivity index (χ3v) is 2.06. The summed E-state index contributed by atoms with van der Waals surface area (Å²) in [5.74, 6) is -1.05. The summed E-state index contributed by atoms with van der Waals surface area (Å²) in [4.78, 5) is 8.61. The first-order valence-electron chi connectivity index (χ1n) is 3.92. The van der Waals surface area contributed by atoms with Gasteiger partial charge in [0.05, 0.1) is 0 Å². The number of hydrogen-bond donors (Lipinski definition) is 1. The van der Waals surface area contributed by atoms with E-state index in [4.69, 9.17) is 18.9 Å². The quantitative estimate of drug-likeness (QED) is 0.496. The SMILES string of the molecule is CCCCC(OC)(OC)OPO. The van der Waals surface area contributed by atoms with Gasteiger partial charge in [-0.25, -0.2) is 0 Å². The van der Waals surface area contributed by atoms with Crippen molar-refractivity contribution in [2.45, 2.75) is 32.2 Å². The molecular weight excluding hydrogens is 179 g/mol. The largest absolute Gasteiger partial charge is 0.352 e. The fourth-order valence-electron chi connectivity index (χ4n) is 0.885. The van der Waals surface area contributed by atoms with Gasteiger partial charge in [-0.1, -0.05) is 13.3 Å². The van der Waals surface area contributed by atoms with E-state index in [2.05, 4.69) is 6.92 Å². The second-order valence-corrected chi connectivity index (χ2v) is 2.77. The average molecular weight is 196 g/mol. The van der Waals surface area contributed by atoms with Crippen LogP contribution in [0, 0.1) is 0 Å². The number of ether oxygens (including phenoxy) is 2. The van der Waals surface area contributed by atoms with Gasteiger partial charge >= 0.3 is 0 Å². The van der Waals surface area contributed by atoms with Crippen molar-refractivity contribution in [3.63, 3.8) is 0 Å². The van der Waals surface area contributed by atoms with Crippen LogP contribution in [-0.4, -0.2) is 25.1 Å². The van der Waals surface area contributed by atoms with Gasteiger partial charge in [-0.05, 0) is 6.42 Å². The van der Waals surface area contributed by atoms with Crippen molar-refractivity contribution in [2.75, 3.05) is 14.2 Å². The highest BCUT2D eigenvalue weighted by molar-refractivity contribution is 7.25. The van der Waals surface area contributed by atoms with E-state index in [9.17, 15) is 0 Å². The normalized spacial score (nSPS) is 13.0. The van der Waals surface area contributed by atoms with E-state index in [0.717, 1.165) is 12.8 Å². The second-order valence-electron chi connectivity index (χ2n) is 2.39. The number of rotatable bonds is 7. The Hall–Kier alpha value is 0.270. The molecule has 0 rings (SSSR count). The molecule has 0 radical (unpaired) electrons. The molecule has 0 aliphatic carbocycles. The lowest BCUT2D eigenvalue weighted by Crippen LogP contribution is -2.34. The first-order chi connectivity index (χ1) is 5.74. The topological polar surface area (TPSA) is 47.9 Å². The molecule has 0 aromatic carbocycles. The molecule has 0 aromatic rings. The van der Waals surface area contributed by atoms with E-state index in [-0.39, 0.29) is 0 Å². The molecule has 0 aromatic heterocycles. The summed E-state index contributed by atoms with van der Waals surface area (Å²) in [7, 11) is 2.38. The van der Waals surface area contributed by atoms with Gasteiger partial charge in [0.25, 0.3) is 5.97 Å². The van der Waals surface area contributed by atoms with Crippen molar-refractivity contribution in [2.24, 2.45) is 0 Å². The van der Waals surface area contributed by atoms with Crippen molar-refractivity contribution in [1.82, 2.24) is 0 Å². The summed E-state index contributed by atoms with van der Waals surface area (Å²) in [5, 5.41) is 0. The van der Waals surface area contributed by atoms with E-state index < -0.39 is 15.0 Å².